The molecule has 2 aromatic carbocycles. The molecule has 3 saturated heterocycles. The number of ether oxygens (including phenoxy) is 8. The number of aliphatic hydroxyl groups is 8. The zero-order valence-electron chi connectivity index (χ0n) is 30.5. The van der Waals surface area contributed by atoms with Gasteiger partial charge in [0.15, 0.2) is 48.0 Å². The van der Waals surface area contributed by atoms with Crippen LogP contribution >= 0.6 is 0 Å². The molecule has 16 atom stereocenters. The van der Waals surface area contributed by atoms with Crippen molar-refractivity contribution in [2.24, 2.45) is 0 Å². The van der Waals surface area contributed by atoms with Crippen molar-refractivity contribution in [3.8, 4) is 23.0 Å². The Morgan fingerprint density at radius 3 is 1.96 bits per heavy atom. The van der Waals surface area contributed by atoms with Crippen LogP contribution in [0.15, 0.2) is 42.5 Å². The molecule has 5 rings (SSSR count). The number of hydrogen-bond acceptors (Lipinski definition) is 21. The first-order chi connectivity index (χ1) is 27.0. The second kappa shape index (κ2) is 19.3. The van der Waals surface area contributed by atoms with Gasteiger partial charge in [-0.25, -0.2) is 4.79 Å². The Morgan fingerprint density at radius 2 is 1.32 bits per heavy atom. The molecule has 57 heavy (non-hydrogen) atoms. The summed E-state index contributed by atoms with van der Waals surface area (Å²) in [5, 5.41) is 123. The van der Waals surface area contributed by atoms with E-state index in [0.29, 0.717) is 5.56 Å². The number of rotatable bonds is 14. The second-order valence-electron chi connectivity index (χ2n) is 13.6. The summed E-state index contributed by atoms with van der Waals surface area (Å²) in [4.78, 5) is 13.4. The maximum Gasteiger partial charge on any atom is 0.331 e. The lowest BCUT2D eigenvalue weighted by atomic mass is 9.96. The van der Waals surface area contributed by atoms with Gasteiger partial charge in [-0.15, -0.1) is 0 Å². The second-order valence-corrected chi connectivity index (χ2v) is 13.6. The van der Waals surface area contributed by atoms with Crippen molar-refractivity contribution >= 4 is 12.0 Å². The Morgan fingerprint density at radius 1 is 0.702 bits per heavy atom. The molecule has 3 aliphatic heterocycles. The average Bonchev–Trinajstić information content (AvgIpc) is 3.19. The predicted octanol–water partition coefficient (Wildman–Crippen LogP) is -3.05. The van der Waals surface area contributed by atoms with Crippen LogP contribution in [0.25, 0.3) is 6.08 Å². The highest BCUT2D eigenvalue weighted by molar-refractivity contribution is 5.87. The van der Waals surface area contributed by atoms with Crippen molar-refractivity contribution in [3.63, 3.8) is 0 Å². The summed E-state index contributed by atoms with van der Waals surface area (Å²) in [5.74, 6) is -2.87. The largest absolute Gasteiger partial charge is 0.504 e. The van der Waals surface area contributed by atoms with Gasteiger partial charge in [-0.3, -0.25) is 0 Å². The summed E-state index contributed by atoms with van der Waals surface area (Å²) in [6.07, 6.45) is -24.2. The number of aromatic hydroxyl groups is 4. The minimum absolute atomic E-state index is 0.251. The number of carbonyl (C=O) groups is 1. The van der Waals surface area contributed by atoms with Crippen molar-refractivity contribution in [2.75, 3.05) is 26.9 Å². The fraction of sp³-hybridized carbons (Fsp3) is 0.583. The van der Waals surface area contributed by atoms with Crippen molar-refractivity contribution < 1.29 is 104 Å². The van der Waals surface area contributed by atoms with Crippen LogP contribution in [0.3, 0.4) is 0 Å². The highest BCUT2D eigenvalue weighted by atomic mass is 16.8. The van der Waals surface area contributed by atoms with Gasteiger partial charge in [0.05, 0.1) is 25.9 Å². The Labute approximate surface area is 324 Å². The summed E-state index contributed by atoms with van der Waals surface area (Å²) >= 11 is 0. The standard InChI is InChI=1S/C36H48O21/c1-14-25(43)27(45)30(48)36(53-14)57-33-31(49)35(51-12-22(50-2)16-5-7-18(39)20(41)10-16)55-23(13-52-34-29(47)28(46)26(44)21(11-37)54-34)32(33)56-24(42)8-4-15-3-6-17(38)19(40)9-15/h3-10,14,21-23,25-41,43-49H,11-13H2,1-2H3/b8-4+/t14-,21+,22-,23+,25-,26+,27+,28-,29+,30+,31+,32+,33+,34+,35+,36-/m0/s1. The fourth-order valence-corrected chi connectivity index (χ4v) is 6.34. The molecule has 0 aliphatic carbocycles. The van der Waals surface area contributed by atoms with Gasteiger partial charge in [0, 0.05) is 13.2 Å². The van der Waals surface area contributed by atoms with E-state index in [1.165, 1.54) is 50.4 Å². The first-order valence-electron chi connectivity index (χ1n) is 17.7. The molecule has 2 aromatic rings. The third kappa shape index (κ3) is 10.3. The van der Waals surface area contributed by atoms with Crippen LogP contribution in [0.1, 0.15) is 24.2 Å². The Hall–Kier alpha value is -3.75. The fourth-order valence-electron chi connectivity index (χ4n) is 6.34. The summed E-state index contributed by atoms with van der Waals surface area (Å²) in [7, 11) is 1.31. The van der Waals surface area contributed by atoms with Crippen LogP contribution < -0.4 is 0 Å². The van der Waals surface area contributed by atoms with E-state index in [1.54, 1.807) is 0 Å². The highest BCUT2D eigenvalue weighted by Crippen LogP contribution is 2.34. The zero-order chi connectivity index (χ0) is 41.7. The van der Waals surface area contributed by atoms with Crippen LogP contribution in [0.5, 0.6) is 23.0 Å². The number of aliphatic hydroxyl groups excluding tert-OH is 8. The average molecular weight is 817 g/mol. The number of carbonyl (C=O) groups excluding carboxylic acids is 1. The molecule has 318 valence electrons. The van der Waals surface area contributed by atoms with Gasteiger partial charge < -0.3 is 99.2 Å². The maximum absolute atomic E-state index is 13.4. The van der Waals surface area contributed by atoms with E-state index in [9.17, 15) is 66.1 Å². The number of phenolic OH excluding ortho intramolecular Hbond substituents is 4. The van der Waals surface area contributed by atoms with Gasteiger partial charge >= 0.3 is 5.97 Å². The minimum atomic E-state index is -1.93. The summed E-state index contributed by atoms with van der Waals surface area (Å²) in [6, 6.07) is 7.53. The first-order valence-corrected chi connectivity index (χ1v) is 17.7. The monoisotopic (exact) mass is 816 g/mol. The summed E-state index contributed by atoms with van der Waals surface area (Å²) in [6.45, 7) is -0.522. The quantitative estimate of drug-likeness (QED) is 0.0512. The molecule has 0 spiro atoms. The van der Waals surface area contributed by atoms with Crippen molar-refractivity contribution in [1.82, 2.24) is 0 Å². The van der Waals surface area contributed by atoms with Gasteiger partial charge in [-0.2, -0.15) is 0 Å². The molecule has 0 radical (unpaired) electrons. The van der Waals surface area contributed by atoms with E-state index in [4.69, 9.17) is 37.9 Å². The summed E-state index contributed by atoms with van der Waals surface area (Å²) < 4.78 is 45.9. The third-order valence-corrected chi connectivity index (χ3v) is 9.72. The van der Waals surface area contributed by atoms with Crippen LogP contribution in [0.4, 0.5) is 0 Å². The molecule has 3 aliphatic rings. The molecule has 3 heterocycles. The van der Waals surface area contributed by atoms with Gasteiger partial charge in [0.25, 0.3) is 0 Å². The Kier molecular flexibility index (Phi) is 15.0. The van der Waals surface area contributed by atoms with E-state index < -0.39 is 147 Å². The van der Waals surface area contributed by atoms with E-state index in [1.807, 2.05) is 0 Å². The van der Waals surface area contributed by atoms with Crippen molar-refractivity contribution in [2.45, 2.75) is 105 Å². The van der Waals surface area contributed by atoms with Crippen LogP contribution in [-0.2, 0) is 42.7 Å². The van der Waals surface area contributed by atoms with E-state index in [-0.39, 0.29) is 5.56 Å². The minimum Gasteiger partial charge on any atom is -0.504 e. The Balaban J connectivity index is 1.47. The number of phenols is 4. The molecule has 0 aromatic heterocycles. The van der Waals surface area contributed by atoms with Crippen LogP contribution in [0.2, 0.25) is 0 Å². The van der Waals surface area contributed by atoms with E-state index in [2.05, 4.69) is 0 Å². The summed E-state index contributed by atoms with van der Waals surface area (Å²) in [5.41, 5.74) is 0.579. The zero-order valence-corrected chi connectivity index (χ0v) is 30.5. The Bertz CT molecular complexity index is 1660. The topological polar surface area (TPSA) is 334 Å². The molecule has 0 unspecified atom stereocenters. The lowest BCUT2D eigenvalue weighted by Gasteiger charge is -2.47. The van der Waals surface area contributed by atoms with Gasteiger partial charge in [-0.05, 0) is 48.4 Å². The number of hydrogen-bond donors (Lipinski definition) is 12. The van der Waals surface area contributed by atoms with E-state index >= 15 is 0 Å². The SMILES string of the molecule is CO[C@@H](CO[C@@H]1O[C@H](CO[C@@H]2O[C@H](CO)[C@@H](O)[C@H](O)[C@H]2O)[C@@H](OC(=O)/C=C/c2ccc(O)c(O)c2)[C@H](O[C@@H]2O[C@@H](C)[C@H](O)[C@@H](O)[C@H]2O)[C@H]1O)c1ccc(O)c(O)c1. The molecule has 0 bridgehead atoms. The predicted molar refractivity (Wildman–Crippen MR) is 186 cm³/mol. The van der Waals surface area contributed by atoms with Gasteiger partial charge in [-0.1, -0.05) is 12.1 Å². The smallest absolute Gasteiger partial charge is 0.331 e. The molecule has 0 saturated carbocycles. The maximum atomic E-state index is 13.4. The number of methoxy groups -OCH3 is 1. The van der Waals surface area contributed by atoms with Crippen molar-refractivity contribution in [3.05, 3.63) is 53.6 Å². The van der Waals surface area contributed by atoms with Crippen molar-refractivity contribution in [1.29, 1.82) is 0 Å². The third-order valence-electron chi connectivity index (χ3n) is 9.72. The molecule has 12 N–H and O–H groups in total. The van der Waals surface area contributed by atoms with Crippen LogP contribution in [0, 0.1) is 0 Å². The van der Waals surface area contributed by atoms with Gasteiger partial charge in [0.1, 0.15) is 67.1 Å². The lowest BCUT2D eigenvalue weighted by Crippen LogP contribution is -2.65. The normalized spacial score (nSPS) is 36.6. The molecule has 3 fully saturated rings. The highest BCUT2D eigenvalue weighted by Gasteiger charge is 2.53. The van der Waals surface area contributed by atoms with E-state index in [0.717, 1.165) is 12.1 Å². The number of benzene rings is 2. The molecule has 0 amide bonds. The molecular weight excluding hydrogens is 768 g/mol. The van der Waals surface area contributed by atoms with Gasteiger partial charge in [0.2, 0.25) is 0 Å². The number of esters is 1. The lowest BCUT2D eigenvalue weighted by molar-refractivity contribution is -0.365. The first kappa shape index (κ1) is 44.4. The molecule has 21 nitrogen and oxygen atoms in total. The molecule has 21 heteroatoms. The molecular formula is C36H48O21. The van der Waals surface area contributed by atoms with Crippen LogP contribution in [-0.4, -0.2) is 186 Å².